The van der Waals surface area contributed by atoms with Gasteiger partial charge in [-0.3, -0.25) is 9.69 Å². The molecule has 0 aromatic heterocycles. The largest absolute Gasteiger partial charge is 0.497 e. The minimum atomic E-state index is -0.0790. The number of ether oxygens (including phenoxy) is 1. The number of hydrogen-bond acceptors (Lipinski definition) is 3. The van der Waals surface area contributed by atoms with Gasteiger partial charge in [0.25, 0.3) is 0 Å². The highest BCUT2D eigenvalue weighted by atomic mass is 35.5. The number of nitrogens with zero attached hydrogens (tertiary/aromatic N) is 1. The van der Waals surface area contributed by atoms with Crippen LogP contribution in [-0.2, 0) is 4.79 Å². The Kier molecular flexibility index (Phi) is 5.84. The van der Waals surface area contributed by atoms with Crippen LogP contribution in [0.4, 0.5) is 5.69 Å². The highest BCUT2D eigenvalue weighted by molar-refractivity contribution is 6.36. The lowest BCUT2D eigenvalue weighted by Crippen LogP contribution is -2.33. The second kappa shape index (κ2) is 8.09. The van der Waals surface area contributed by atoms with E-state index in [1.165, 1.54) is 5.56 Å². The molecule has 0 bridgehead atoms. The summed E-state index contributed by atoms with van der Waals surface area (Å²) in [5, 5.41) is 3.85. The number of anilines is 1. The zero-order chi connectivity index (χ0) is 17.8. The maximum absolute atomic E-state index is 12.4. The molecule has 2 aromatic rings. The molecule has 1 aliphatic rings. The molecule has 1 amide bonds. The van der Waals surface area contributed by atoms with Crippen LogP contribution in [0.3, 0.4) is 0 Å². The fourth-order valence-electron chi connectivity index (χ4n) is 3.18. The van der Waals surface area contributed by atoms with Gasteiger partial charge in [0.05, 0.1) is 24.4 Å². The number of rotatable bonds is 5. The van der Waals surface area contributed by atoms with Crippen molar-refractivity contribution in [3.05, 3.63) is 58.1 Å². The van der Waals surface area contributed by atoms with Crippen LogP contribution in [0.2, 0.25) is 10.0 Å². The van der Waals surface area contributed by atoms with Gasteiger partial charge in [-0.05, 0) is 55.3 Å². The van der Waals surface area contributed by atoms with Crippen molar-refractivity contribution in [1.82, 2.24) is 4.90 Å². The van der Waals surface area contributed by atoms with Crippen molar-refractivity contribution in [2.75, 3.05) is 25.5 Å². The van der Waals surface area contributed by atoms with Crippen LogP contribution in [0.25, 0.3) is 0 Å². The first-order chi connectivity index (χ1) is 12.1. The number of carbonyl (C=O) groups is 1. The third kappa shape index (κ3) is 4.46. The van der Waals surface area contributed by atoms with Crippen LogP contribution >= 0.6 is 23.2 Å². The van der Waals surface area contributed by atoms with E-state index in [0.29, 0.717) is 22.3 Å². The molecule has 25 heavy (non-hydrogen) atoms. The predicted molar refractivity (Wildman–Crippen MR) is 102 cm³/mol. The molecule has 0 aliphatic carbocycles. The van der Waals surface area contributed by atoms with Gasteiger partial charge in [-0.2, -0.15) is 0 Å². The number of methoxy groups -OCH3 is 1. The van der Waals surface area contributed by atoms with Crippen LogP contribution in [-0.4, -0.2) is 31.0 Å². The summed E-state index contributed by atoms with van der Waals surface area (Å²) < 4.78 is 5.21. The van der Waals surface area contributed by atoms with E-state index >= 15 is 0 Å². The normalized spacial score (nSPS) is 17.5. The highest BCUT2D eigenvalue weighted by Gasteiger charge is 2.27. The Morgan fingerprint density at radius 3 is 2.68 bits per heavy atom. The van der Waals surface area contributed by atoms with Gasteiger partial charge < -0.3 is 10.1 Å². The molecule has 1 fully saturated rings. The number of amides is 1. The van der Waals surface area contributed by atoms with Gasteiger partial charge in [-0.25, -0.2) is 0 Å². The summed E-state index contributed by atoms with van der Waals surface area (Å²) in [6.07, 6.45) is 2.12. The van der Waals surface area contributed by atoms with Crippen molar-refractivity contribution in [1.29, 1.82) is 0 Å². The molecule has 2 aromatic carbocycles. The molecule has 1 heterocycles. The molecule has 0 saturated carbocycles. The topological polar surface area (TPSA) is 41.6 Å². The van der Waals surface area contributed by atoms with Gasteiger partial charge >= 0.3 is 0 Å². The molecule has 132 valence electrons. The second-order valence-corrected chi connectivity index (χ2v) is 6.92. The van der Waals surface area contributed by atoms with Gasteiger partial charge in [-0.1, -0.05) is 35.3 Å². The van der Waals surface area contributed by atoms with Crippen molar-refractivity contribution >= 4 is 34.8 Å². The Morgan fingerprint density at radius 2 is 2.00 bits per heavy atom. The lowest BCUT2D eigenvalue weighted by atomic mass is 10.0. The molecule has 0 radical (unpaired) electrons. The van der Waals surface area contributed by atoms with Gasteiger partial charge in [0.1, 0.15) is 5.75 Å². The zero-order valence-corrected chi connectivity index (χ0v) is 15.5. The Labute approximate surface area is 157 Å². The van der Waals surface area contributed by atoms with E-state index in [9.17, 15) is 4.79 Å². The smallest absolute Gasteiger partial charge is 0.238 e. The molecular formula is C19H20Cl2N2O2. The Morgan fingerprint density at radius 1 is 1.24 bits per heavy atom. The number of nitrogens with one attached hydrogen (secondary N) is 1. The molecule has 3 rings (SSSR count). The molecule has 4 nitrogen and oxygen atoms in total. The number of benzene rings is 2. The molecule has 1 saturated heterocycles. The van der Waals surface area contributed by atoms with E-state index in [1.54, 1.807) is 25.3 Å². The van der Waals surface area contributed by atoms with E-state index in [4.69, 9.17) is 27.9 Å². The van der Waals surface area contributed by atoms with Crippen molar-refractivity contribution < 1.29 is 9.53 Å². The minimum Gasteiger partial charge on any atom is -0.497 e. The summed E-state index contributed by atoms with van der Waals surface area (Å²) in [7, 11) is 1.66. The standard InChI is InChI=1S/C19H20Cl2N2O2/c1-25-15-7-4-13(5-8-15)18-3-2-10-23(18)12-19(24)22-17-9-6-14(20)11-16(17)21/h4-9,11,18H,2-3,10,12H2,1H3,(H,22,24). The first-order valence-electron chi connectivity index (χ1n) is 8.19. The van der Waals surface area contributed by atoms with E-state index in [1.807, 2.05) is 12.1 Å². The first-order valence-corrected chi connectivity index (χ1v) is 8.95. The number of likely N-dealkylation sites (tertiary alicyclic amines) is 1. The van der Waals surface area contributed by atoms with E-state index in [-0.39, 0.29) is 11.9 Å². The molecule has 1 unspecified atom stereocenters. The van der Waals surface area contributed by atoms with Crippen molar-refractivity contribution in [3.8, 4) is 5.75 Å². The molecular weight excluding hydrogens is 359 g/mol. The van der Waals surface area contributed by atoms with E-state index < -0.39 is 0 Å². The Balaban J connectivity index is 1.65. The fourth-order valence-corrected chi connectivity index (χ4v) is 3.64. The number of hydrogen-bond donors (Lipinski definition) is 1. The minimum absolute atomic E-state index is 0.0790. The fraction of sp³-hybridized carbons (Fsp3) is 0.316. The first kappa shape index (κ1) is 18.1. The quantitative estimate of drug-likeness (QED) is 0.813. The summed E-state index contributed by atoms with van der Waals surface area (Å²) in [5.41, 5.74) is 1.78. The van der Waals surface area contributed by atoms with Crippen LogP contribution in [0, 0.1) is 0 Å². The summed E-state index contributed by atoms with van der Waals surface area (Å²) in [6, 6.07) is 13.3. The average molecular weight is 379 g/mol. The van der Waals surface area contributed by atoms with Gasteiger partial charge in [0.2, 0.25) is 5.91 Å². The molecule has 0 spiro atoms. The van der Waals surface area contributed by atoms with Crippen LogP contribution in [0.15, 0.2) is 42.5 Å². The SMILES string of the molecule is COc1ccc(C2CCCN2CC(=O)Nc2ccc(Cl)cc2Cl)cc1. The third-order valence-corrected chi connectivity index (χ3v) is 4.96. The third-order valence-electron chi connectivity index (χ3n) is 4.42. The van der Waals surface area contributed by atoms with Gasteiger partial charge in [0, 0.05) is 11.1 Å². The molecule has 6 heteroatoms. The molecule has 1 aliphatic heterocycles. The Bertz CT molecular complexity index is 750. The lowest BCUT2D eigenvalue weighted by Gasteiger charge is -2.24. The van der Waals surface area contributed by atoms with E-state index in [2.05, 4.69) is 22.3 Å². The monoisotopic (exact) mass is 378 g/mol. The average Bonchev–Trinajstić information content (AvgIpc) is 3.05. The Hall–Kier alpha value is -1.75. The highest BCUT2D eigenvalue weighted by Crippen LogP contribution is 2.32. The maximum Gasteiger partial charge on any atom is 0.238 e. The van der Waals surface area contributed by atoms with Gasteiger partial charge in [-0.15, -0.1) is 0 Å². The number of carbonyl (C=O) groups excluding carboxylic acids is 1. The van der Waals surface area contributed by atoms with Crippen LogP contribution in [0.5, 0.6) is 5.75 Å². The van der Waals surface area contributed by atoms with Gasteiger partial charge in [0.15, 0.2) is 0 Å². The predicted octanol–water partition coefficient (Wildman–Crippen LogP) is 4.78. The second-order valence-electron chi connectivity index (χ2n) is 6.07. The van der Waals surface area contributed by atoms with E-state index in [0.717, 1.165) is 25.1 Å². The maximum atomic E-state index is 12.4. The molecule has 1 atom stereocenters. The summed E-state index contributed by atoms with van der Waals surface area (Å²) in [6.45, 7) is 1.23. The van der Waals surface area contributed by atoms with Crippen molar-refractivity contribution in [2.24, 2.45) is 0 Å². The lowest BCUT2D eigenvalue weighted by molar-refractivity contribution is -0.117. The van der Waals surface area contributed by atoms with Crippen molar-refractivity contribution in [2.45, 2.75) is 18.9 Å². The number of halogens is 2. The summed E-state index contributed by atoms with van der Waals surface area (Å²) in [4.78, 5) is 14.6. The van der Waals surface area contributed by atoms with Crippen LogP contribution in [0.1, 0.15) is 24.4 Å². The van der Waals surface area contributed by atoms with Crippen LogP contribution < -0.4 is 10.1 Å². The molecule has 1 N–H and O–H groups in total. The zero-order valence-electron chi connectivity index (χ0n) is 14.0. The summed E-state index contributed by atoms with van der Waals surface area (Å²) in [5.74, 6) is 0.757. The summed E-state index contributed by atoms with van der Waals surface area (Å²) >= 11 is 12.0. The van der Waals surface area contributed by atoms with Crippen molar-refractivity contribution in [3.63, 3.8) is 0 Å².